The van der Waals surface area contributed by atoms with E-state index in [9.17, 15) is 10.1 Å². The Kier molecular flexibility index (Phi) is 6.57. The zero-order chi connectivity index (χ0) is 22.8. The zero-order valence-electron chi connectivity index (χ0n) is 18.7. The van der Waals surface area contributed by atoms with Gasteiger partial charge in [0.15, 0.2) is 0 Å². The molecule has 0 spiro atoms. The Hall–Kier alpha value is -3.03. The molecule has 0 saturated carbocycles. The van der Waals surface area contributed by atoms with Gasteiger partial charge in [0, 0.05) is 28.5 Å². The van der Waals surface area contributed by atoms with Gasteiger partial charge in [-0.15, -0.1) is 0 Å². The topological polar surface area (TPSA) is 56.1 Å². The molecule has 5 heteroatoms. The molecule has 0 saturated heterocycles. The number of halogens is 1. The Balaban J connectivity index is 1.99. The van der Waals surface area contributed by atoms with Gasteiger partial charge >= 0.3 is 0 Å². The van der Waals surface area contributed by atoms with E-state index in [0.29, 0.717) is 16.3 Å². The first-order valence-corrected chi connectivity index (χ1v) is 10.8. The minimum atomic E-state index is -0.456. The number of carbonyl (C=O) groups is 1. The number of hydrogen-bond acceptors (Lipinski definition) is 3. The number of anilines is 2. The number of amides is 1. The first-order valence-electron chi connectivity index (χ1n) is 10.5. The van der Waals surface area contributed by atoms with Crippen LogP contribution in [-0.4, -0.2) is 18.0 Å². The summed E-state index contributed by atoms with van der Waals surface area (Å²) in [5, 5.41) is 12.9. The number of aryl methyl sites for hydroxylation is 1. The van der Waals surface area contributed by atoms with Crippen molar-refractivity contribution in [3.05, 3.63) is 69.8 Å². The summed E-state index contributed by atoms with van der Waals surface area (Å²) in [6.45, 7) is 11.5. The van der Waals surface area contributed by atoms with Crippen LogP contribution >= 0.6 is 11.6 Å². The first kappa shape index (κ1) is 22.7. The van der Waals surface area contributed by atoms with Gasteiger partial charge < -0.3 is 10.2 Å². The maximum absolute atomic E-state index is 12.7. The molecule has 160 valence electrons. The lowest BCUT2D eigenvalue weighted by Crippen LogP contribution is -2.45. The number of nitriles is 1. The maximum atomic E-state index is 12.7. The van der Waals surface area contributed by atoms with Crippen LogP contribution in [0.1, 0.15) is 50.8 Å². The molecule has 1 aliphatic heterocycles. The van der Waals surface area contributed by atoms with E-state index in [1.165, 1.54) is 0 Å². The summed E-state index contributed by atoms with van der Waals surface area (Å²) >= 11 is 6.62. The van der Waals surface area contributed by atoms with Crippen LogP contribution in [0.15, 0.2) is 48.0 Å². The van der Waals surface area contributed by atoms with Crippen LogP contribution < -0.4 is 10.2 Å². The summed E-state index contributed by atoms with van der Waals surface area (Å²) in [7, 11) is 0. The van der Waals surface area contributed by atoms with E-state index in [4.69, 9.17) is 11.6 Å². The normalized spacial score (nSPS) is 15.1. The molecule has 0 aliphatic carbocycles. The minimum absolute atomic E-state index is 0.00606. The Morgan fingerprint density at radius 1 is 1.26 bits per heavy atom. The Labute approximate surface area is 189 Å². The van der Waals surface area contributed by atoms with Gasteiger partial charge in [-0.1, -0.05) is 36.7 Å². The van der Waals surface area contributed by atoms with Crippen molar-refractivity contribution in [1.29, 1.82) is 5.26 Å². The summed E-state index contributed by atoms with van der Waals surface area (Å²) in [6.07, 6.45) is 4.83. The highest BCUT2D eigenvalue weighted by Gasteiger charge is 2.31. The van der Waals surface area contributed by atoms with Crippen molar-refractivity contribution in [3.8, 4) is 6.07 Å². The van der Waals surface area contributed by atoms with Crippen LogP contribution in [0.4, 0.5) is 11.4 Å². The predicted molar refractivity (Wildman–Crippen MR) is 130 cm³/mol. The molecule has 1 N–H and O–H groups in total. The fourth-order valence-corrected chi connectivity index (χ4v) is 4.30. The van der Waals surface area contributed by atoms with E-state index >= 15 is 0 Å². The number of benzene rings is 2. The molecule has 0 atom stereocenters. The number of carbonyl (C=O) groups excluding carboxylic acids is 1. The fourth-order valence-electron chi connectivity index (χ4n) is 4.08. The molecule has 4 nitrogen and oxygen atoms in total. The largest absolute Gasteiger partial charge is 0.362 e. The predicted octanol–water partition coefficient (Wildman–Crippen LogP) is 6.61. The third-order valence-corrected chi connectivity index (χ3v) is 5.81. The summed E-state index contributed by atoms with van der Waals surface area (Å²) in [5.74, 6) is -0.456. The van der Waals surface area contributed by atoms with E-state index < -0.39 is 5.91 Å². The molecule has 1 amide bonds. The van der Waals surface area contributed by atoms with Crippen molar-refractivity contribution in [2.75, 3.05) is 16.8 Å². The number of hydrogen-bond donors (Lipinski definition) is 1. The Morgan fingerprint density at radius 2 is 2.00 bits per heavy atom. The Bertz CT molecular complexity index is 1120. The van der Waals surface area contributed by atoms with Gasteiger partial charge in [-0.25, -0.2) is 0 Å². The van der Waals surface area contributed by atoms with Crippen molar-refractivity contribution in [1.82, 2.24) is 0 Å². The van der Waals surface area contributed by atoms with Gasteiger partial charge in [0.2, 0.25) is 0 Å². The van der Waals surface area contributed by atoms with E-state index in [1.807, 2.05) is 43.3 Å². The van der Waals surface area contributed by atoms with Crippen molar-refractivity contribution in [2.45, 2.75) is 46.6 Å². The van der Waals surface area contributed by atoms with Crippen molar-refractivity contribution >= 4 is 40.5 Å². The van der Waals surface area contributed by atoms with Gasteiger partial charge in [-0.2, -0.15) is 5.26 Å². The SMILES string of the molecule is CCCN1c2cc(Cl)c(/C=C(\C#N)C(=O)Nc3cccc(C)c3)cc2C(C)=CC1(C)C. The second kappa shape index (κ2) is 8.99. The number of rotatable bonds is 5. The highest BCUT2D eigenvalue weighted by atomic mass is 35.5. The van der Waals surface area contributed by atoms with Crippen LogP contribution in [0.3, 0.4) is 0 Å². The molecule has 3 rings (SSSR count). The molecule has 0 fully saturated rings. The summed E-state index contributed by atoms with van der Waals surface area (Å²) in [4.78, 5) is 15.0. The number of nitrogens with zero attached hydrogens (tertiary/aromatic N) is 2. The average Bonchev–Trinajstić information content (AvgIpc) is 2.69. The monoisotopic (exact) mass is 433 g/mol. The quantitative estimate of drug-likeness (QED) is 0.426. The van der Waals surface area contributed by atoms with Crippen LogP contribution in [0.2, 0.25) is 5.02 Å². The molecule has 0 unspecified atom stereocenters. The Morgan fingerprint density at radius 3 is 2.65 bits per heavy atom. The standard InChI is InChI=1S/C26H28ClN3O/c1-6-10-30-24-14-23(27)19(13-22(24)18(3)15-26(30,4)5)12-20(16-28)25(31)29-21-9-7-8-17(2)11-21/h7-9,11-15H,6,10H2,1-5H3,(H,29,31)/b20-12+. The van der Waals surface area contributed by atoms with Crippen LogP contribution in [0.5, 0.6) is 0 Å². The van der Waals surface area contributed by atoms with Crippen LogP contribution in [-0.2, 0) is 4.79 Å². The highest BCUT2D eigenvalue weighted by Crippen LogP contribution is 2.41. The minimum Gasteiger partial charge on any atom is -0.362 e. The van der Waals surface area contributed by atoms with E-state index in [1.54, 1.807) is 12.1 Å². The molecule has 1 heterocycles. The summed E-state index contributed by atoms with van der Waals surface area (Å²) in [5.41, 5.74) is 5.53. The van der Waals surface area contributed by atoms with Gasteiger partial charge in [-0.3, -0.25) is 4.79 Å². The lowest BCUT2D eigenvalue weighted by Gasteiger charge is -2.43. The molecule has 2 aromatic carbocycles. The van der Waals surface area contributed by atoms with Crippen molar-refractivity contribution in [2.24, 2.45) is 0 Å². The summed E-state index contributed by atoms with van der Waals surface area (Å²) < 4.78 is 0. The first-order chi connectivity index (χ1) is 14.7. The lowest BCUT2D eigenvalue weighted by atomic mass is 9.87. The van der Waals surface area contributed by atoms with Crippen LogP contribution in [0.25, 0.3) is 11.6 Å². The van der Waals surface area contributed by atoms with Gasteiger partial charge in [-0.05, 0) is 81.2 Å². The van der Waals surface area contributed by atoms with Gasteiger partial charge in [0.1, 0.15) is 11.6 Å². The third kappa shape index (κ3) is 4.84. The van der Waals surface area contributed by atoms with Gasteiger partial charge in [0.05, 0.1) is 5.54 Å². The smallest absolute Gasteiger partial charge is 0.266 e. The fraction of sp³-hybridized carbons (Fsp3) is 0.308. The molecular weight excluding hydrogens is 406 g/mol. The maximum Gasteiger partial charge on any atom is 0.266 e. The zero-order valence-corrected chi connectivity index (χ0v) is 19.5. The second-order valence-corrected chi connectivity index (χ2v) is 8.92. The number of fused-ring (bicyclic) bond motifs is 1. The van der Waals surface area contributed by atoms with Crippen LogP contribution in [0, 0.1) is 18.3 Å². The van der Waals surface area contributed by atoms with Crippen molar-refractivity contribution in [3.63, 3.8) is 0 Å². The molecule has 31 heavy (non-hydrogen) atoms. The van der Waals surface area contributed by atoms with E-state index in [2.05, 4.69) is 44.0 Å². The number of allylic oxidation sites excluding steroid dienone is 1. The summed E-state index contributed by atoms with van der Waals surface area (Å²) in [6, 6.07) is 13.4. The third-order valence-electron chi connectivity index (χ3n) is 5.48. The molecule has 0 bridgehead atoms. The highest BCUT2D eigenvalue weighted by molar-refractivity contribution is 6.32. The average molecular weight is 434 g/mol. The van der Waals surface area contributed by atoms with E-state index in [-0.39, 0.29) is 11.1 Å². The van der Waals surface area contributed by atoms with Gasteiger partial charge in [0.25, 0.3) is 5.91 Å². The second-order valence-electron chi connectivity index (χ2n) is 8.52. The van der Waals surface area contributed by atoms with Crippen molar-refractivity contribution < 1.29 is 4.79 Å². The number of nitrogens with one attached hydrogen (secondary N) is 1. The van der Waals surface area contributed by atoms with E-state index in [0.717, 1.165) is 35.4 Å². The molecule has 2 aromatic rings. The molecule has 0 radical (unpaired) electrons. The molecule has 0 aromatic heterocycles. The molecular formula is C26H28ClN3O. The molecule has 1 aliphatic rings. The lowest BCUT2D eigenvalue weighted by molar-refractivity contribution is -0.112.